The van der Waals surface area contributed by atoms with Gasteiger partial charge in [-0.3, -0.25) is 9.48 Å². The number of aliphatic carboxylic acids is 1. The highest BCUT2D eigenvalue weighted by atomic mass is 19.4. The normalized spacial score (nSPS) is 16.2. The van der Waals surface area contributed by atoms with Gasteiger partial charge in [-0.25, -0.2) is 0 Å². The predicted octanol–water partition coefficient (Wildman–Crippen LogP) is 3.30. The average Bonchev–Trinajstić information content (AvgIpc) is 3.18. The Hall–Kier alpha value is -2.51. The molecule has 1 aromatic heterocycles. The van der Waals surface area contributed by atoms with Gasteiger partial charge in [0.15, 0.2) is 0 Å². The number of benzene rings is 1. The Labute approximate surface area is 129 Å². The van der Waals surface area contributed by atoms with Crippen molar-refractivity contribution in [3.8, 4) is 0 Å². The molecule has 0 spiro atoms. The number of anilines is 2. The first kappa shape index (κ1) is 15.4. The third-order valence-electron chi connectivity index (χ3n) is 4.11. The van der Waals surface area contributed by atoms with E-state index in [0.29, 0.717) is 24.2 Å². The number of hydrogen-bond acceptors (Lipinski definition) is 3. The number of nitrogens with one attached hydrogen (secondary N) is 1. The van der Waals surface area contributed by atoms with E-state index in [9.17, 15) is 23.1 Å². The molecule has 1 aromatic carbocycles. The van der Waals surface area contributed by atoms with Gasteiger partial charge >= 0.3 is 12.1 Å². The smallest absolute Gasteiger partial charge is 0.416 e. The molecule has 0 amide bonds. The third kappa shape index (κ3) is 2.64. The Balaban J connectivity index is 2.09. The molecular weight excluding hydrogens is 311 g/mol. The molecule has 0 atom stereocenters. The molecule has 23 heavy (non-hydrogen) atoms. The number of carboxylic acid groups (broad SMARTS) is 1. The highest BCUT2D eigenvalue weighted by Gasteiger charge is 2.53. The summed E-state index contributed by atoms with van der Waals surface area (Å²) < 4.78 is 40.4. The van der Waals surface area contributed by atoms with Crippen LogP contribution in [0, 0.1) is 0 Å². The zero-order valence-corrected chi connectivity index (χ0v) is 12.2. The van der Waals surface area contributed by atoms with Gasteiger partial charge in [0.2, 0.25) is 0 Å². The molecule has 1 saturated carbocycles. The maximum atomic E-state index is 13.0. The van der Waals surface area contributed by atoms with Gasteiger partial charge in [0.1, 0.15) is 5.82 Å². The Kier molecular flexibility index (Phi) is 3.35. The van der Waals surface area contributed by atoms with E-state index in [-0.39, 0.29) is 5.69 Å². The average molecular weight is 325 g/mol. The summed E-state index contributed by atoms with van der Waals surface area (Å²) in [6, 6.07) is 4.73. The lowest BCUT2D eigenvalue weighted by molar-refractivity contribution is -0.140. The van der Waals surface area contributed by atoms with Gasteiger partial charge in [0.25, 0.3) is 0 Å². The van der Waals surface area contributed by atoms with Crippen LogP contribution in [0.4, 0.5) is 24.7 Å². The monoisotopic (exact) mass is 325 g/mol. The number of carbonyl (C=O) groups is 1. The molecule has 0 radical (unpaired) electrons. The molecule has 1 fully saturated rings. The minimum Gasteiger partial charge on any atom is -0.481 e. The zero-order chi connectivity index (χ0) is 16.8. The summed E-state index contributed by atoms with van der Waals surface area (Å²) in [6.07, 6.45) is -2.18. The van der Waals surface area contributed by atoms with Gasteiger partial charge in [-0.1, -0.05) is 6.07 Å². The minimum atomic E-state index is -4.50. The Bertz CT molecular complexity index is 764. The maximum absolute atomic E-state index is 13.0. The van der Waals surface area contributed by atoms with Gasteiger partial charge in [0.05, 0.1) is 17.2 Å². The Morgan fingerprint density at radius 3 is 2.52 bits per heavy atom. The minimum absolute atomic E-state index is 0.142. The highest BCUT2D eigenvalue weighted by molar-refractivity contribution is 5.88. The van der Waals surface area contributed by atoms with Crippen LogP contribution in [0.1, 0.15) is 24.0 Å². The van der Waals surface area contributed by atoms with Crippen LogP contribution >= 0.6 is 0 Å². The van der Waals surface area contributed by atoms with Gasteiger partial charge in [-0.15, -0.1) is 0 Å². The first-order valence-electron chi connectivity index (χ1n) is 6.94. The molecule has 5 nitrogen and oxygen atoms in total. The van der Waals surface area contributed by atoms with Crippen molar-refractivity contribution in [3.63, 3.8) is 0 Å². The largest absolute Gasteiger partial charge is 0.481 e. The van der Waals surface area contributed by atoms with E-state index in [2.05, 4.69) is 10.4 Å². The number of carboxylic acids is 1. The van der Waals surface area contributed by atoms with Crippen molar-refractivity contribution in [1.29, 1.82) is 0 Å². The van der Waals surface area contributed by atoms with E-state index >= 15 is 0 Å². The molecule has 122 valence electrons. The Morgan fingerprint density at radius 1 is 1.35 bits per heavy atom. The molecule has 8 heteroatoms. The van der Waals surface area contributed by atoms with Crippen molar-refractivity contribution >= 4 is 17.5 Å². The zero-order valence-electron chi connectivity index (χ0n) is 12.2. The van der Waals surface area contributed by atoms with Crippen LogP contribution in [-0.4, -0.2) is 20.9 Å². The number of rotatable bonds is 4. The van der Waals surface area contributed by atoms with Crippen molar-refractivity contribution in [1.82, 2.24) is 9.78 Å². The lowest BCUT2D eigenvalue weighted by Gasteiger charge is -2.19. The second kappa shape index (κ2) is 5.00. The summed E-state index contributed by atoms with van der Waals surface area (Å²) in [5.41, 5.74) is -1.43. The van der Waals surface area contributed by atoms with E-state index in [1.54, 1.807) is 13.1 Å². The van der Waals surface area contributed by atoms with Crippen LogP contribution in [-0.2, 0) is 23.4 Å². The van der Waals surface area contributed by atoms with Crippen molar-refractivity contribution in [2.75, 3.05) is 5.32 Å². The number of alkyl halides is 3. The van der Waals surface area contributed by atoms with Crippen molar-refractivity contribution in [2.45, 2.75) is 24.4 Å². The molecule has 2 aromatic rings. The fourth-order valence-electron chi connectivity index (χ4n) is 2.60. The number of hydrogen-bond donors (Lipinski definition) is 2. The SMILES string of the molecule is Cn1nccc1Nc1cc(C(F)(F)F)ccc1C1(C(=O)O)CC1. The summed E-state index contributed by atoms with van der Waals surface area (Å²) in [7, 11) is 1.64. The van der Waals surface area contributed by atoms with E-state index in [1.165, 1.54) is 16.9 Å². The van der Waals surface area contributed by atoms with E-state index in [1.807, 2.05) is 0 Å². The van der Waals surface area contributed by atoms with Gasteiger partial charge in [0, 0.05) is 18.8 Å². The topological polar surface area (TPSA) is 67.2 Å². The summed E-state index contributed by atoms with van der Waals surface area (Å²) in [5, 5.41) is 16.2. The molecule has 2 N–H and O–H groups in total. The molecule has 3 rings (SSSR count). The Morgan fingerprint density at radius 2 is 2.04 bits per heavy atom. The quantitative estimate of drug-likeness (QED) is 0.905. The molecule has 0 aliphatic heterocycles. The summed E-state index contributed by atoms with van der Waals surface area (Å²) in [4.78, 5) is 11.5. The molecule has 1 aliphatic rings. The molecule has 0 unspecified atom stereocenters. The lowest BCUT2D eigenvalue weighted by atomic mass is 9.93. The lowest BCUT2D eigenvalue weighted by Crippen LogP contribution is -2.21. The number of halogens is 3. The van der Waals surface area contributed by atoms with Crippen LogP contribution < -0.4 is 5.32 Å². The molecule has 0 bridgehead atoms. The number of nitrogens with zero attached hydrogens (tertiary/aromatic N) is 2. The van der Waals surface area contributed by atoms with Crippen LogP contribution in [0.5, 0.6) is 0 Å². The summed E-state index contributed by atoms with van der Waals surface area (Å²) in [6.45, 7) is 0. The first-order chi connectivity index (χ1) is 10.7. The third-order valence-corrected chi connectivity index (χ3v) is 4.11. The van der Waals surface area contributed by atoms with Gasteiger partial charge in [-0.2, -0.15) is 18.3 Å². The molecule has 0 saturated heterocycles. The van der Waals surface area contributed by atoms with E-state index in [4.69, 9.17) is 0 Å². The van der Waals surface area contributed by atoms with Crippen LogP contribution in [0.15, 0.2) is 30.5 Å². The summed E-state index contributed by atoms with van der Waals surface area (Å²) in [5.74, 6) is -0.544. The fraction of sp³-hybridized carbons (Fsp3) is 0.333. The molecular formula is C15H14F3N3O2. The second-order valence-electron chi connectivity index (χ2n) is 5.61. The van der Waals surface area contributed by atoms with Crippen LogP contribution in [0.25, 0.3) is 0 Å². The van der Waals surface area contributed by atoms with Crippen molar-refractivity contribution in [3.05, 3.63) is 41.6 Å². The molecule has 1 heterocycles. The van der Waals surface area contributed by atoms with Crippen LogP contribution in [0.3, 0.4) is 0 Å². The maximum Gasteiger partial charge on any atom is 0.416 e. The van der Waals surface area contributed by atoms with Gasteiger partial charge in [-0.05, 0) is 30.5 Å². The first-order valence-corrected chi connectivity index (χ1v) is 6.94. The van der Waals surface area contributed by atoms with Crippen LogP contribution in [0.2, 0.25) is 0 Å². The molecule has 1 aliphatic carbocycles. The van der Waals surface area contributed by atoms with Crippen molar-refractivity contribution in [2.24, 2.45) is 7.05 Å². The second-order valence-corrected chi connectivity index (χ2v) is 5.61. The van der Waals surface area contributed by atoms with E-state index < -0.39 is 23.1 Å². The highest BCUT2D eigenvalue weighted by Crippen LogP contribution is 2.52. The number of aryl methyl sites for hydroxylation is 1. The standard InChI is InChI=1S/C15H14F3N3O2/c1-21-12(4-7-19-21)20-11-8-9(15(16,17)18)2-3-10(11)14(5-6-14)13(22)23/h2-4,7-8,20H,5-6H2,1H3,(H,22,23). The van der Waals surface area contributed by atoms with E-state index in [0.717, 1.165) is 12.1 Å². The number of aromatic nitrogens is 2. The summed E-state index contributed by atoms with van der Waals surface area (Å²) >= 11 is 0. The van der Waals surface area contributed by atoms with Gasteiger partial charge < -0.3 is 10.4 Å². The predicted molar refractivity (Wildman–Crippen MR) is 76.5 cm³/mol. The fourth-order valence-corrected chi connectivity index (χ4v) is 2.60. The van der Waals surface area contributed by atoms with Crippen molar-refractivity contribution < 1.29 is 23.1 Å².